The predicted molar refractivity (Wildman–Crippen MR) is 103 cm³/mol. The normalized spacial score (nSPS) is 17.7. The molecule has 0 radical (unpaired) electrons. The average molecular weight is 358 g/mol. The number of carbonyl (C=O) groups is 1. The number of hydrogen-bond acceptors (Lipinski definition) is 4. The lowest BCUT2D eigenvalue weighted by molar-refractivity contribution is -0.133. The van der Waals surface area contributed by atoms with Gasteiger partial charge in [-0.05, 0) is 44.0 Å². The molecule has 0 saturated heterocycles. The van der Waals surface area contributed by atoms with Crippen LogP contribution in [0, 0.1) is 0 Å². The van der Waals surface area contributed by atoms with Crippen LogP contribution in [0.15, 0.2) is 29.8 Å². The van der Waals surface area contributed by atoms with E-state index in [1.54, 1.807) is 14.2 Å². The molecule has 1 saturated carbocycles. The Morgan fingerprint density at radius 1 is 1.23 bits per heavy atom. The number of rotatable bonds is 7. The maximum absolute atomic E-state index is 13.1. The number of carbonyl (C=O) groups excluding carboxylic acids is 1. The number of benzene rings is 1. The van der Waals surface area contributed by atoms with E-state index >= 15 is 0 Å². The number of nitrogens with zero attached hydrogens (tertiary/aromatic N) is 1. The summed E-state index contributed by atoms with van der Waals surface area (Å²) in [6.45, 7) is 2.41. The van der Waals surface area contributed by atoms with Crippen molar-refractivity contribution in [2.75, 3.05) is 27.3 Å². The molecule has 0 spiro atoms. The van der Waals surface area contributed by atoms with Crippen molar-refractivity contribution in [2.24, 2.45) is 0 Å². The number of amides is 1. The fourth-order valence-corrected chi connectivity index (χ4v) is 3.95. The maximum atomic E-state index is 13.1. The van der Waals surface area contributed by atoms with Gasteiger partial charge in [0.25, 0.3) is 0 Å². The van der Waals surface area contributed by atoms with E-state index in [0.29, 0.717) is 19.0 Å². The number of ether oxygens (including phenoxy) is 2. The lowest BCUT2D eigenvalue weighted by Gasteiger charge is -2.30. The third-order valence-electron chi connectivity index (χ3n) is 5.45. The minimum atomic E-state index is 0.231. The van der Waals surface area contributed by atoms with Gasteiger partial charge in [-0.25, -0.2) is 0 Å². The smallest absolute Gasteiger partial charge is 0.227 e. The highest BCUT2D eigenvalue weighted by atomic mass is 16.5. The molecule has 0 aromatic heterocycles. The van der Waals surface area contributed by atoms with E-state index in [4.69, 9.17) is 9.47 Å². The second kappa shape index (κ2) is 9.08. The molecule has 142 valence electrons. The van der Waals surface area contributed by atoms with E-state index in [2.05, 4.69) is 16.3 Å². The summed E-state index contributed by atoms with van der Waals surface area (Å²) < 4.78 is 10.9. The zero-order valence-corrected chi connectivity index (χ0v) is 15.9. The van der Waals surface area contributed by atoms with Gasteiger partial charge in [0.2, 0.25) is 5.91 Å². The van der Waals surface area contributed by atoms with Crippen molar-refractivity contribution in [2.45, 2.75) is 51.1 Å². The molecule has 1 aliphatic carbocycles. The van der Waals surface area contributed by atoms with Crippen molar-refractivity contribution >= 4 is 5.91 Å². The summed E-state index contributed by atoms with van der Waals surface area (Å²) in [7, 11) is 3.34. The van der Waals surface area contributed by atoms with Gasteiger partial charge in [-0.1, -0.05) is 24.5 Å². The SMILES string of the molecule is COc1ccc(OC)c(CN(C(=O)CC2=CCNCC2)C2CCCC2)c1. The van der Waals surface area contributed by atoms with Gasteiger partial charge in [-0.15, -0.1) is 0 Å². The molecule has 1 aromatic carbocycles. The molecule has 2 aliphatic rings. The van der Waals surface area contributed by atoms with Crippen molar-refractivity contribution < 1.29 is 14.3 Å². The van der Waals surface area contributed by atoms with Gasteiger partial charge in [-0.3, -0.25) is 4.79 Å². The van der Waals surface area contributed by atoms with Crippen LogP contribution in [0.2, 0.25) is 0 Å². The molecule has 3 rings (SSSR count). The molecule has 0 bridgehead atoms. The van der Waals surface area contributed by atoms with Gasteiger partial charge in [0, 0.05) is 31.1 Å². The van der Waals surface area contributed by atoms with E-state index in [-0.39, 0.29) is 5.91 Å². The zero-order chi connectivity index (χ0) is 18.4. The van der Waals surface area contributed by atoms with Gasteiger partial charge >= 0.3 is 0 Å². The van der Waals surface area contributed by atoms with Gasteiger partial charge in [0.1, 0.15) is 11.5 Å². The van der Waals surface area contributed by atoms with Crippen LogP contribution >= 0.6 is 0 Å². The molecular weight excluding hydrogens is 328 g/mol. The van der Waals surface area contributed by atoms with Crippen molar-refractivity contribution in [3.63, 3.8) is 0 Å². The second-order valence-electron chi connectivity index (χ2n) is 7.13. The van der Waals surface area contributed by atoms with Gasteiger partial charge in [0.05, 0.1) is 14.2 Å². The van der Waals surface area contributed by atoms with Crippen molar-refractivity contribution in [1.82, 2.24) is 10.2 Å². The summed E-state index contributed by atoms with van der Waals surface area (Å²) in [4.78, 5) is 15.2. The third-order valence-corrected chi connectivity index (χ3v) is 5.45. The van der Waals surface area contributed by atoms with E-state index in [1.807, 2.05) is 18.2 Å². The number of methoxy groups -OCH3 is 2. The first-order chi connectivity index (χ1) is 12.7. The van der Waals surface area contributed by atoms with Gasteiger partial charge in [-0.2, -0.15) is 0 Å². The van der Waals surface area contributed by atoms with Crippen LogP contribution in [-0.2, 0) is 11.3 Å². The van der Waals surface area contributed by atoms with E-state index in [9.17, 15) is 4.79 Å². The van der Waals surface area contributed by atoms with Crippen LogP contribution in [0.3, 0.4) is 0 Å². The highest BCUT2D eigenvalue weighted by Crippen LogP contribution is 2.30. The summed E-state index contributed by atoms with van der Waals surface area (Å²) >= 11 is 0. The fourth-order valence-electron chi connectivity index (χ4n) is 3.95. The zero-order valence-electron chi connectivity index (χ0n) is 15.9. The Balaban J connectivity index is 1.80. The summed E-state index contributed by atoms with van der Waals surface area (Å²) in [6, 6.07) is 6.13. The number of hydrogen-bond donors (Lipinski definition) is 1. The summed E-state index contributed by atoms with van der Waals surface area (Å²) in [5.41, 5.74) is 2.26. The van der Waals surface area contributed by atoms with Crippen LogP contribution in [0.25, 0.3) is 0 Å². The molecule has 1 amide bonds. The molecular formula is C21H30N2O3. The molecule has 0 unspecified atom stereocenters. The molecule has 26 heavy (non-hydrogen) atoms. The standard InChI is InChI=1S/C21H30N2O3/c1-25-19-7-8-20(26-2)17(14-19)15-23(18-5-3-4-6-18)21(24)13-16-9-11-22-12-10-16/h7-9,14,18,22H,3-6,10-13,15H2,1-2H3. The average Bonchev–Trinajstić information content (AvgIpc) is 3.21. The monoisotopic (exact) mass is 358 g/mol. The lowest BCUT2D eigenvalue weighted by atomic mass is 10.0. The topological polar surface area (TPSA) is 50.8 Å². The van der Waals surface area contributed by atoms with Crippen LogP contribution in [0.1, 0.15) is 44.1 Å². The Kier molecular flexibility index (Phi) is 6.56. The van der Waals surface area contributed by atoms with E-state index in [0.717, 1.165) is 49.4 Å². The number of nitrogens with one attached hydrogen (secondary N) is 1. The van der Waals surface area contributed by atoms with Crippen LogP contribution in [0.5, 0.6) is 11.5 Å². The molecule has 0 atom stereocenters. The van der Waals surface area contributed by atoms with Crippen molar-refractivity contribution in [3.05, 3.63) is 35.4 Å². The largest absolute Gasteiger partial charge is 0.497 e. The Bertz CT molecular complexity index is 651. The minimum absolute atomic E-state index is 0.231. The second-order valence-corrected chi connectivity index (χ2v) is 7.13. The van der Waals surface area contributed by atoms with Crippen LogP contribution in [0.4, 0.5) is 0 Å². The van der Waals surface area contributed by atoms with Crippen molar-refractivity contribution in [3.8, 4) is 11.5 Å². The highest BCUT2D eigenvalue weighted by molar-refractivity contribution is 5.79. The molecule has 1 aliphatic heterocycles. The molecule has 1 heterocycles. The van der Waals surface area contributed by atoms with Crippen molar-refractivity contribution in [1.29, 1.82) is 0 Å². The third kappa shape index (κ3) is 4.58. The quantitative estimate of drug-likeness (QED) is 0.760. The Labute approximate surface area is 156 Å². The summed E-state index contributed by atoms with van der Waals surface area (Å²) in [5, 5.41) is 3.31. The summed E-state index contributed by atoms with van der Waals surface area (Å²) in [5.74, 6) is 1.83. The fraction of sp³-hybridized carbons (Fsp3) is 0.571. The molecule has 5 heteroatoms. The van der Waals surface area contributed by atoms with Gasteiger partial charge < -0.3 is 19.7 Å². The van der Waals surface area contributed by atoms with Crippen LogP contribution in [-0.4, -0.2) is 44.2 Å². The van der Waals surface area contributed by atoms with E-state index < -0.39 is 0 Å². The predicted octanol–water partition coefficient (Wildman–Crippen LogP) is 3.28. The first-order valence-electron chi connectivity index (χ1n) is 9.60. The Morgan fingerprint density at radius 2 is 2.04 bits per heavy atom. The molecule has 1 fully saturated rings. The first-order valence-corrected chi connectivity index (χ1v) is 9.60. The lowest BCUT2D eigenvalue weighted by Crippen LogP contribution is -2.39. The minimum Gasteiger partial charge on any atom is -0.497 e. The molecule has 1 N–H and O–H groups in total. The van der Waals surface area contributed by atoms with E-state index in [1.165, 1.54) is 18.4 Å². The Hall–Kier alpha value is -2.01. The first kappa shape index (κ1) is 18.8. The summed E-state index contributed by atoms with van der Waals surface area (Å²) in [6.07, 6.45) is 8.27. The van der Waals surface area contributed by atoms with Crippen LogP contribution < -0.4 is 14.8 Å². The maximum Gasteiger partial charge on any atom is 0.227 e. The Morgan fingerprint density at radius 3 is 2.69 bits per heavy atom. The molecule has 5 nitrogen and oxygen atoms in total. The highest BCUT2D eigenvalue weighted by Gasteiger charge is 2.28. The van der Waals surface area contributed by atoms with Gasteiger partial charge in [0.15, 0.2) is 0 Å². The molecule has 1 aromatic rings.